The maximum atomic E-state index is 11.5. The van der Waals surface area contributed by atoms with Gasteiger partial charge >= 0.3 is 6.09 Å². The summed E-state index contributed by atoms with van der Waals surface area (Å²) in [6, 6.07) is 9.07. The predicted molar refractivity (Wildman–Crippen MR) is 64.0 cm³/mol. The Bertz CT molecular complexity index is 347. The van der Waals surface area contributed by atoms with Gasteiger partial charge in [0, 0.05) is 19.8 Å². The van der Waals surface area contributed by atoms with Crippen LogP contribution < -0.4 is 10.1 Å². The maximum Gasteiger partial charge on any atom is 0.412 e. The van der Waals surface area contributed by atoms with Gasteiger partial charge in [0.15, 0.2) is 0 Å². The normalized spacial score (nSPS) is 16.5. The Morgan fingerprint density at radius 1 is 1.29 bits per heavy atom. The Balaban J connectivity index is 1.70. The SMILES string of the molecule is O=C(NCC1CCOCC1)Oc1ccccc1. The third kappa shape index (κ3) is 4.07. The fourth-order valence-electron chi connectivity index (χ4n) is 1.81. The highest BCUT2D eigenvalue weighted by Crippen LogP contribution is 2.13. The van der Waals surface area contributed by atoms with E-state index in [4.69, 9.17) is 9.47 Å². The molecule has 1 fully saturated rings. The Morgan fingerprint density at radius 3 is 2.71 bits per heavy atom. The first-order valence-electron chi connectivity index (χ1n) is 5.93. The molecule has 4 heteroatoms. The van der Waals surface area contributed by atoms with Crippen LogP contribution in [0.2, 0.25) is 0 Å². The second-order valence-corrected chi connectivity index (χ2v) is 4.14. The van der Waals surface area contributed by atoms with Gasteiger partial charge in [-0.1, -0.05) is 18.2 Å². The van der Waals surface area contributed by atoms with Crippen molar-refractivity contribution in [2.75, 3.05) is 19.8 Å². The van der Waals surface area contributed by atoms with Crippen LogP contribution in [0, 0.1) is 5.92 Å². The van der Waals surface area contributed by atoms with E-state index in [9.17, 15) is 4.79 Å². The van der Waals surface area contributed by atoms with Gasteiger partial charge in [-0.15, -0.1) is 0 Å². The van der Waals surface area contributed by atoms with Gasteiger partial charge in [-0.25, -0.2) is 4.79 Å². The van der Waals surface area contributed by atoms with E-state index in [1.54, 1.807) is 12.1 Å². The molecule has 0 aliphatic carbocycles. The number of benzene rings is 1. The van der Waals surface area contributed by atoms with Crippen LogP contribution in [0.1, 0.15) is 12.8 Å². The van der Waals surface area contributed by atoms with Crippen LogP contribution in [0.5, 0.6) is 5.75 Å². The zero-order valence-corrected chi connectivity index (χ0v) is 9.72. The Morgan fingerprint density at radius 2 is 2.00 bits per heavy atom. The standard InChI is InChI=1S/C13H17NO3/c15-13(17-12-4-2-1-3-5-12)14-10-11-6-8-16-9-7-11/h1-5,11H,6-10H2,(H,14,15). The molecule has 2 rings (SSSR count). The lowest BCUT2D eigenvalue weighted by Crippen LogP contribution is -2.33. The molecule has 0 bridgehead atoms. The van der Waals surface area contributed by atoms with Crippen molar-refractivity contribution in [2.45, 2.75) is 12.8 Å². The molecular weight excluding hydrogens is 218 g/mol. The number of rotatable bonds is 3. The number of carbonyl (C=O) groups is 1. The summed E-state index contributed by atoms with van der Waals surface area (Å²) in [6.45, 7) is 2.25. The van der Waals surface area contributed by atoms with Gasteiger partial charge in [-0.3, -0.25) is 0 Å². The molecule has 1 aliphatic rings. The first-order chi connectivity index (χ1) is 8.34. The number of amides is 1. The summed E-state index contributed by atoms with van der Waals surface area (Å²) in [4.78, 5) is 11.5. The monoisotopic (exact) mass is 235 g/mol. The minimum absolute atomic E-state index is 0.386. The maximum absolute atomic E-state index is 11.5. The molecule has 0 aromatic heterocycles. The van der Waals surface area contributed by atoms with E-state index in [0.717, 1.165) is 26.1 Å². The largest absolute Gasteiger partial charge is 0.412 e. The summed E-state index contributed by atoms with van der Waals surface area (Å²) in [5.74, 6) is 1.07. The van der Waals surface area contributed by atoms with Crippen molar-refractivity contribution >= 4 is 6.09 Å². The molecule has 1 aromatic carbocycles. The van der Waals surface area contributed by atoms with E-state index in [-0.39, 0.29) is 6.09 Å². The number of nitrogens with one attached hydrogen (secondary N) is 1. The van der Waals surface area contributed by atoms with Crippen molar-refractivity contribution in [3.8, 4) is 5.75 Å². The number of para-hydroxylation sites is 1. The topological polar surface area (TPSA) is 47.6 Å². The molecule has 4 nitrogen and oxygen atoms in total. The molecule has 92 valence electrons. The zero-order chi connectivity index (χ0) is 11.9. The second kappa shape index (κ2) is 6.25. The molecule has 0 spiro atoms. The van der Waals surface area contributed by atoms with Gasteiger partial charge in [0.2, 0.25) is 0 Å². The average Bonchev–Trinajstić information content (AvgIpc) is 2.39. The average molecular weight is 235 g/mol. The minimum atomic E-state index is -0.386. The van der Waals surface area contributed by atoms with Gasteiger partial charge in [0.1, 0.15) is 5.75 Å². The molecule has 0 unspecified atom stereocenters. The Kier molecular flexibility index (Phi) is 4.38. The molecule has 1 heterocycles. The van der Waals surface area contributed by atoms with Crippen molar-refractivity contribution < 1.29 is 14.3 Å². The van der Waals surface area contributed by atoms with E-state index in [0.29, 0.717) is 18.2 Å². The Hall–Kier alpha value is -1.55. The third-order valence-electron chi connectivity index (χ3n) is 2.83. The summed E-state index contributed by atoms with van der Waals surface area (Å²) >= 11 is 0. The molecule has 0 atom stereocenters. The fraction of sp³-hybridized carbons (Fsp3) is 0.462. The number of hydrogen-bond acceptors (Lipinski definition) is 3. The van der Waals surface area contributed by atoms with E-state index < -0.39 is 0 Å². The third-order valence-corrected chi connectivity index (χ3v) is 2.83. The molecule has 1 aromatic rings. The lowest BCUT2D eigenvalue weighted by Gasteiger charge is -2.21. The van der Waals surface area contributed by atoms with Crippen LogP contribution >= 0.6 is 0 Å². The van der Waals surface area contributed by atoms with Gasteiger partial charge in [-0.05, 0) is 30.9 Å². The lowest BCUT2D eigenvalue weighted by molar-refractivity contribution is 0.0663. The molecular formula is C13H17NO3. The molecule has 0 saturated carbocycles. The summed E-state index contributed by atoms with van der Waals surface area (Å²) in [7, 11) is 0. The van der Waals surface area contributed by atoms with Crippen molar-refractivity contribution in [1.82, 2.24) is 5.32 Å². The minimum Gasteiger partial charge on any atom is -0.410 e. The molecule has 1 N–H and O–H groups in total. The van der Waals surface area contributed by atoms with Crippen LogP contribution in [-0.2, 0) is 4.74 Å². The van der Waals surface area contributed by atoms with E-state index in [1.165, 1.54) is 0 Å². The first kappa shape index (κ1) is 11.9. The van der Waals surface area contributed by atoms with Crippen LogP contribution in [0.4, 0.5) is 4.79 Å². The highest BCUT2D eigenvalue weighted by atomic mass is 16.6. The van der Waals surface area contributed by atoms with Gasteiger partial charge < -0.3 is 14.8 Å². The summed E-state index contributed by atoms with van der Waals surface area (Å²) in [6.07, 6.45) is 1.62. The van der Waals surface area contributed by atoms with Crippen LogP contribution in [0.15, 0.2) is 30.3 Å². The van der Waals surface area contributed by atoms with Crippen LogP contribution in [0.3, 0.4) is 0 Å². The zero-order valence-electron chi connectivity index (χ0n) is 9.72. The van der Waals surface area contributed by atoms with Crippen LogP contribution in [0.25, 0.3) is 0 Å². The molecule has 1 aliphatic heterocycles. The Labute approximate surface area is 101 Å². The summed E-state index contributed by atoms with van der Waals surface area (Å²) < 4.78 is 10.4. The quantitative estimate of drug-likeness (QED) is 0.873. The fourth-order valence-corrected chi connectivity index (χ4v) is 1.81. The molecule has 1 amide bonds. The van der Waals surface area contributed by atoms with E-state index in [1.807, 2.05) is 18.2 Å². The second-order valence-electron chi connectivity index (χ2n) is 4.14. The van der Waals surface area contributed by atoms with Gasteiger partial charge in [-0.2, -0.15) is 0 Å². The smallest absolute Gasteiger partial charge is 0.410 e. The van der Waals surface area contributed by atoms with Gasteiger partial charge in [0.05, 0.1) is 0 Å². The highest BCUT2D eigenvalue weighted by Gasteiger charge is 2.15. The highest BCUT2D eigenvalue weighted by molar-refractivity contribution is 5.70. The van der Waals surface area contributed by atoms with Crippen molar-refractivity contribution in [3.63, 3.8) is 0 Å². The number of hydrogen-bond donors (Lipinski definition) is 1. The van der Waals surface area contributed by atoms with Crippen molar-refractivity contribution in [1.29, 1.82) is 0 Å². The molecule has 1 saturated heterocycles. The predicted octanol–water partition coefficient (Wildman–Crippen LogP) is 2.20. The summed E-state index contributed by atoms with van der Waals surface area (Å²) in [5, 5.41) is 2.78. The van der Waals surface area contributed by atoms with E-state index >= 15 is 0 Å². The first-order valence-corrected chi connectivity index (χ1v) is 5.93. The number of ether oxygens (including phenoxy) is 2. The lowest BCUT2D eigenvalue weighted by atomic mass is 10.0. The molecule has 0 radical (unpaired) electrons. The van der Waals surface area contributed by atoms with Crippen LogP contribution in [-0.4, -0.2) is 25.9 Å². The molecule has 17 heavy (non-hydrogen) atoms. The van der Waals surface area contributed by atoms with Crippen molar-refractivity contribution in [2.24, 2.45) is 5.92 Å². The van der Waals surface area contributed by atoms with Gasteiger partial charge in [0.25, 0.3) is 0 Å². The number of carbonyl (C=O) groups excluding carboxylic acids is 1. The van der Waals surface area contributed by atoms with Crippen molar-refractivity contribution in [3.05, 3.63) is 30.3 Å². The van der Waals surface area contributed by atoms with E-state index in [2.05, 4.69) is 5.32 Å². The summed E-state index contributed by atoms with van der Waals surface area (Å²) in [5.41, 5.74) is 0.